The molecule has 0 fully saturated rings. The van der Waals surface area contributed by atoms with Gasteiger partial charge in [-0.1, -0.05) is 17.7 Å². The van der Waals surface area contributed by atoms with Gasteiger partial charge in [0.15, 0.2) is 0 Å². The fourth-order valence-electron chi connectivity index (χ4n) is 1.94. The van der Waals surface area contributed by atoms with E-state index in [2.05, 4.69) is 10.3 Å². The molecule has 2 aromatic rings. The number of hydrogen-bond donors (Lipinski definition) is 1. The highest BCUT2D eigenvalue weighted by Gasteiger charge is 2.16. The van der Waals surface area contributed by atoms with Gasteiger partial charge >= 0.3 is 0 Å². The molecule has 0 spiro atoms. The zero-order chi connectivity index (χ0) is 13.1. The van der Waals surface area contributed by atoms with Crippen LogP contribution in [0.15, 0.2) is 30.6 Å². The summed E-state index contributed by atoms with van der Waals surface area (Å²) < 4.78 is 15.7. The van der Waals surface area contributed by atoms with Gasteiger partial charge in [-0.3, -0.25) is 0 Å². The molecule has 1 atom stereocenters. The summed E-state index contributed by atoms with van der Waals surface area (Å²) in [6.07, 6.45) is 4.14. The summed E-state index contributed by atoms with van der Waals surface area (Å²) in [6.45, 7) is 0. The van der Waals surface area contributed by atoms with Crippen LogP contribution in [-0.4, -0.2) is 16.6 Å². The van der Waals surface area contributed by atoms with Crippen LogP contribution >= 0.6 is 11.6 Å². The Bertz CT molecular complexity index is 539. The molecule has 3 nitrogen and oxygen atoms in total. The molecule has 0 aliphatic rings. The third-order valence-corrected chi connectivity index (χ3v) is 3.19. The number of likely N-dealkylation sites (N-methyl/N-ethyl adjacent to an activating group) is 1. The van der Waals surface area contributed by atoms with E-state index >= 15 is 0 Å². The molecule has 0 aliphatic carbocycles. The smallest absolute Gasteiger partial charge is 0.127 e. The summed E-state index contributed by atoms with van der Waals surface area (Å²) in [6, 6.07) is 4.72. The van der Waals surface area contributed by atoms with E-state index in [9.17, 15) is 4.39 Å². The van der Waals surface area contributed by atoms with Gasteiger partial charge < -0.3 is 9.88 Å². The van der Waals surface area contributed by atoms with Crippen molar-refractivity contribution in [1.29, 1.82) is 0 Å². The SMILES string of the molecule is CNC(Cc1ccc(Cl)cc1F)c1nccn1C. The third-order valence-electron chi connectivity index (χ3n) is 2.96. The van der Waals surface area contributed by atoms with Crippen molar-refractivity contribution in [2.24, 2.45) is 7.05 Å². The largest absolute Gasteiger partial charge is 0.337 e. The number of halogens is 2. The van der Waals surface area contributed by atoms with E-state index in [1.165, 1.54) is 6.07 Å². The maximum Gasteiger partial charge on any atom is 0.127 e. The van der Waals surface area contributed by atoms with Crippen LogP contribution in [0.1, 0.15) is 17.4 Å². The van der Waals surface area contributed by atoms with Crippen molar-refractivity contribution < 1.29 is 4.39 Å². The number of hydrogen-bond acceptors (Lipinski definition) is 2. The van der Waals surface area contributed by atoms with Gasteiger partial charge in [-0.25, -0.2) is 9.37 Å². The highest BCUT2D eigenvalue weighted by molar-refractivity contribution is 6.30. The summed E-state index contributed by atoms with van der Waals surface area (Å²) in [5, 5.41) is 3.56. The standard InChI is InChI=1S/C13H15ClFN3/c1-16-12(13-17-5-6-18(13)2)7-9-3-4-10(14)8-11(9)15/h3-6,8,12,16H,7H2,1-2H3. The van der Waals surface area contributed by atoms with Gasteiger partial charge in [-0.15, -0.1) is 0 Å². The Morgan fingerprint density at radius 2 is 2.28 bits per heavy atom. The van der Waals surface area contributed by atoms with Gasteiger partial charge in [0.2, 0.25) is 0 Å². The maximum absolute atomic E-state index is 13.7. The minimum atomic E-state index is -0.281. The second-order valence-electron chi connectivity index (χ2n) is 4.18. The highest BCUT2D eigenvalue weighted by Crippen LogP contribution is 2.21. The van der Waals surface area contributed by atoms with E-state index in [1.54, 1.807) is 18.3 Å². The van der Waals surface area contributed by atoms with E-state index < -0.39 is 0 Å². The van der Waals surface area contributed by atoms with Crippen LogP contribution in [0.4, 0.5) is 4.39 Å². The molecule has 0 bridgehead atoms. The normalized spacial score (nSPS) is 12.7. The van der Waals surface area contributed by atoms with Crippen molar-refractivity contribution in [3.05, 3.63) is 52.8 Å². The molecule has 2 rings (SSSR count). The predicted molar refractivity (Wildman–Crippen MR) is 70.1 cm³/mol. The fourth-order valence-corrected chi connectivity index (χ4v) is 2.10. The lowest BCUT2D eigenvalue weighted by Crippen LogP contribution is -2.22. The Morgan fingerprint density at radius 1 is 1.50 bits per heavy atom. The molecule has 18 heavy (non-hydrogen) atoms. The van der Waals surface area contributed by atoms with Gasteiger partial charge in [0, 0.05) is 24.5 Å². The Morgan fingerprint density at radius 3 is 2.83 bits per heavy atom. The van der Waals surface area contributed by atoms with E-state index in [0.717, 1.165) is 5.82 Å². The van der Waals surface area contributed by atoms with Crippen LogP contribution in [0.5, 0.6) is 0 Å². The molecule has 0 saturated carbocycles. The number of imidazole rings is 1. The van der Waals surface area contributed by atoms with Crippen molar-refractivity contribution in [3.63, 3.8) is 0 Å². The molecule has 1 heterocycles. The Hall–Kier alpha value is -1.39. The fraction of sp³-hybridized carbons (Fsp3) is 0.308. The lowest BCUT2D eigenvalue weighted by Gasteiger charge is -2.16. The monoisotopic (exact) mass is 267 g/mol. The molecule has 96 valence electrons. The topological polar surface area (TPSA) is 29.9 Å². The molecular formula is C13H15ClFN3. The first-order valence-corrected chi connectivity index (χ1v) is 6.08. The van der Waals surface area contributed by atoms with Crippen molar-refractivity contribution in [1.82, 2.24) is 14.9 Å². The van der Waals surface area contributed by atoms with Gasteiger partial charge in [0.05, 0.1) is 6.04 Å². The zero-order valence-electron chi connectivity index (χ0n) is 10.3. The molecule has 0 amide bonds. The molecule has 0 saturated heterocycles. The summed E-state index contributed by atoms with van der Waals surface area (Å²) in [5.74, 6) is 0.601. The molecule has 1 aromatic heterocycles. The second kappa shape index (κ2) is 5.50. The van der Waals surface area contributed by atoms with Gasteiger partial charge in [-0.2, -0.15) is 0 Å². The van der Waals surface area contributed by atoms with Crippen molar-refractivity contribution >= 4 is 11.6 Å². The number of rotatable bonds is 4. The average Bonchev–Trinajstić information content (AvgIpc) is 2.75. The number of aromatic nitrogens is 2. The third kappa shape index (κ3) is 2.71. The molecule has 0 radical (unpaired) electrons. The predicted octanol–water partition coefficient (Wildman–Crippen LogP) is 2.72. The molecule has 5 heteroatoms. The van der Waals surface area contributed by atoms with E-state index in [0.29, 0.717) is 17.0 Å². The van der Waals surface area contributed by atoms with Gasteiger partial charge in [-0.05, 0) is 31.2 Å². The summed E-state index contributed by atoms with van der Waals surface area (Å²) in [7, 11) is 3.76. The first-order valence-electron chi connectivity index (χ1n) is 5.70. The second-order valence-corrected chi connectivity index (χ2v) is 4.61. The molecule has 1 N–H and O–H groups in total. The highest BCUT2D eigenvalue weighted by atomic mass is 35.5. The Labute approximate surface area is 111 Å². The van der Waals surface area contributed by atoms with Crippen molar-refractivity contribution in [3.8, 4) is 0 Å². The van der Waals surface area contributed by atoms with Crippen molar-refractivity contribution in [2.45, 2.75) is 12.5 Å². The quantitative estimate of drug-likeness (QED) is 0.923. The summed E-state index contributed by atoms with van der Waals surface area (Å²) >= 11 is 5.74. The lowest BCUT2D eigenvalue weighted by atomic mass is 10.0. The van der Waals surface area contributed by atoms with Crippen LogP contribution in [0, 0.1) is 5.82 Å². The Balaban J connectivity index is 2.23. The summed E-state index contributed by atoms with van der Waals surface area (Å²) in [5.41, 5.74) is 0.627. The maximum atomic E-state index is 13.7. The summed E-state index contributed by atoms with van der Waals surface area (Å²) in [4.78, 5) is 4.28. The Kier molecular flexibility index (Phi) is 3.99. The molecule has 1 aromatic carbocycles. The van der Waals surface area contributed by atoms with Gasteiger partial charge in [0.25, 0.3) is 0 Å². The molecule has 0 aliphatic heterocycles. The first kappa shape index (κ1) is 13.1. The van der Waals surface area contributed by atoms with Crippen LogP contribution in [0.25, 0.3) is 0 Å². The number of aryl methyl sites for hydroxylation is 1. The first-order chi connectivity index (χ1) is 8.61. The van der Waals surface area contributed by atoms with Crippen LogP contribution in [-0.2, 0) is 13.5 Å². The van der Waals surface area contributed by atoms with E-state index in [4.69, 9.17) is 11.6 Å². The van der Waals surface area contributed by atoms with Crippen LogP contribution < -0.4 is 5.32 Å². The average molecular weight is 268 g/mol. The van der Waals surface area contributed by atoms with E-state index in [-0.39, 0.29) is 11.9 Å². The number of benzene rings is 1. The van der Waals surface area contributed by atoms with Gasteiger partial charge in [0.1, 0.15) is 11.6 Å². The number of nitrogens with one attached hydrogen (secondary N) is 1. The zero-order valence-corrected chi connectivity index (χ0v) is 11.1. The van der Waals surface area contributed by atoms with Crippen LogP contribution in [0.2, 0.25) is 5.02 Å². The minimum Gasteiger partial charge on any atom is -0.337 e. The number of nitrogens with zero attached hydrogens (tertiary/aromatic N) is 2. The van der Waals surface area contributed by atoms with Crippen molar-refractivity contribution in [2.75, 3.05) is 7.05 Å². The van der Waals surface area contributed by atoms with E-state index in [1.807, 2.05) is 24.9 Å². The molecular weight excluding hydrogens is 253 g/mol. The van der Waals surface area contributed by atoms with Crippen LogP contribution in [0.3, 0.4) is 0 Å². The minimum absolute atomic E-state index is 0.0272. The lowest BCUT2D eigenvalue weighted by molar-refractivity contribution is 0.519. The molecule has 1 unspecified atom stereocenters.